The van der Waals surface area contributed by atoms with E-state index in [4.69, 9.17) is 0 Å². The third-order valence-corrected chi connectivity index (χ3v) is 4.24. The molecule has 0 radical (unpaired) electrons. The Morgan fingerprint density at radius 3 is 2.00 bits per heavy atom. The summed E-state index contributed by atoms with van der Waals surface area (Å²) in [6.07, 6.45) is 0.319. The number of hydrazine groups is 1. The molecule has 0 unspecified atom stereocenters. The van der Waals surface area contributed by atoms with Crippen molar-refractivity contribution >= 4 is 23.4 Å². The zero-order valence-electron chi connectivity index (χ0n) is 14.6. The molecule has 3 amide bonds. The molecule has 6 heteroatoms. The molecule has 1 aromatic carbocycles. The van der Waals surface area contributed by atoms with Crippen molar-refractivity contribution in [3.05, 3.63) is 29.3 Å². The Hall–Kier alpha value is -2.37. The van der Waals surface area contributed by atoms with Gasteiger partial charge in [0.15, 0.2) is 0 Å². The summed E-state index contributed by atoms with van der Waals surface area (Å²) in [4.78, 5) is 35.4. The van der Waals surface area contributed by atoms with Crippen LogP contribution in [0.2, 0.25) is 0 Å². The van der Waals surface area contributed by atoms with E-state index in [0.717, 1.165) is 16.8 Å². The molecule has 6 nitrogen and oxygen atoms in total. The highest BCUT2D eigenvalue weighted by Crippen LogP contribution is 2.32. The van der Waals surface area contributed by atoms with E-state index in [2.05, 4.69) is 43.9 Å². The Kier molecular flexibility index (Phi) is 5.59. The lowest BCUT2D eigenvalue weighted by atomic mass is 9.92. The van der Waals surface area contributed by atoms with Gasteiger partial charge in [0.2, 0.25) is 5.91 Å². The fraction of sp³-hybridized carbons (Fsp3) is 0.500. The van der Waals surface area contributed by atoms with Gasteiger partial charge in [-0.15, -0.1) is 0 Å². The van der Waals surface area contributed by atoms with Gasteiger partial charge in [0.1, 0.15) is 5.92 Å². The van der Waals surface area contributed by atoms with E-state index in [0.29, 0.717) is 0 Å². The summed E-state index contributed by atoms with van der Waals surface area (Å²) in [7, 11) is 0. The second-order valence-electron chi connectivity index (χ2n) is 6.74. The molecule has 130 valence electrons. The lowest BCUT2D eigenvalue weighted by molar-refractivity contribution is -0.128. The Balaban J connectivity index is 2.10. The third kappa shape index (κ3) is 3.93. The van der Waals surface area contributed by atoms with Crippen LogP contribution in [0, 0.1) is 5.92 Å². The first-order chi connectivity index (χ1) is 11.3. The average Bonchev–Trinajstić information content (AvgIpc) is 2.83. The Labute approximate surface area is 142 Å². The topological polar surface area (TPSA) is 87.3 Å². The van der Waals surface area contributed by atoms with Crippen molar-refractivity contribution in [2.45, 2.75) is 52.4 Å². The summed E-state index contributed by atoms with van der Waals surface area (Å²) in [5.74, 6) is -1.16. The fourth-order valence-corrected chi connectivity index (χ4v) is 2.85. The summed E-state index contributed by atoms with van der Waals surface area (Å²) >= 11 is 0. The highest BCUT2D eigenvalue weighted by Gasteiger charge is 2.33. The normalized spacial score (nSPS) is 14.9. The second kappa shape index (κ2) is 7.47. The van der Waals surface area contributed by atoms with E-state index in [1.807, 2.05) is 18.2 Å². The van der Waals surface area contributed by atoms with Gasteiger partial charge in [-0.2, -0.15) is 0 Å². The van der Waals surface area contributed by atoms with Gasteiger partial charge in [0.05, 0.1) is 0 Å². The average molecular weight is 331 g/mol. The molecule has 0 bridgehead atoms. The largest absolute Gasteiger partial charge is 0.326 e. The van der Waals surface area contributed by atoms with Crippen molar-refractivity contribution in [2.24, 2.45) is 5.92 Å². The zero-order chi connectivity index (χ0) is 17.9. The van der Waals surface area contributed by atoms with Gasteiger partial charge in [-0.1, -0.05) is 45.9 Å². The molecule has 3 N–H and O–H groups in total. The van der Waals surface area contributed by atoms with Crippen molar-refractivity contribution in [2.75, 3.05) is 5.32 Å². The Morgan fingerprint density at radius 1 is 1.04 bits per heavy atom. The van der Waals surface area contributed by atoms with Crippen LogP contribution in [0.3, 0.4) is 0 Å². The maximum absolute atomic E-state index is 12.4. The molecule has 1 heterocycles. The molecule has 1 aliphatic rings. The minimum atomic E-state index is -0.791. The van der Waals surface area contributed by atoms with Crippen molar-refractivity contribution in [1.82, 2.24) is 10.9 Å². The molecule has 0 saturated carbocycles. The predicted molar refractivity (Wildman–Crippen MR) is 92.3 cm³/mol. The van der Waals surface area contributed by atoms with E-state index in [-0.39, 0.29) is 42.4 Å². The smallest absolute Gasteiger partial charge is 0.251 e. The second-order valence-corrected chi connectivity index (χ2v) is 6.74. The van der Waals surface area contributed by atoms with Crippen LogP contribution in [0.5, 0.6) is 0 Å². The summed E-state index contributed by atoms with van der Waals surface area (Å²) < 4.78 is 0. The summed E-state index contributed by atoms with van der Waals surface area (Å²) in [5, 5.41) is 2.99. The van der Waals surface area contributed by atoms with Gasteiger partial charge < -0.3 is 5.32 Å². The van der Waals surface area contributed by atoms with E-state index < -0.39 is 5.92 Å². The molecule has 2 rings (SSSR count). The molecule has 24 heavy (non-hydrogen) atoms. The van der Waals surface area contributed by atoms with Crippen LogP contribution in [-0.4, -0.2) is 17.7 Å². The standard InChI is InChI=1S/C18H25N3O3/c1-10(2)12-6-5-7-13(11(3)4)16(12)19-15(22)9-8-14-17(23)20-21-18(14)24/h5-7,10-11,14H,8-9H2,1-4H3,(H,19,22)(H,20,23)(H,21,24). The summed E-state index contributed by atoms with van der Waals surface area (Å²) in [5.41, 5.74) is 7.57. The number of para-hydroxylation sites is 1. The summed E-state index contributed by atoms with van der Waals surface area (Å²) in [6.45, 7) is 8.34. The summed E-state index contributed by atoms with van der Waals surface area (Å²) in [6, 6.07) is 6.04. The number of nitrogens with one attached hydrogen (secondary N) is 3. The molecule has 1 fully saturated rings. The number of rotatable bonds is 6. The fourth-order valence-electron chi connectivity index (χ4n) is 2.85. The first-order valence-corrected chi connectivity index (χ1v) is 8.33. The first-order valence-electron chi connectivity index (χ1n) is 8.33. The molecule has 1 saturated heterocycles. The van der Waals surface area contributed by atoms with Crippen LogP contribution in [0.4, 0.5) is 5.69 Å². The minimum Gasteiger partial charge on any atom is -0.326 e. The van der Waals surface area contributed by atoms with E-state index in [1.54, 1.807) is 0 Å². The lowest BCUT2D eigenvalue weighted by Crippen LogP contribution is -2.28. The number of benzene rings is 1. The molecular weight excluding hydrogens is 306 g/mol. The van der Waals surface area contributed by atoms with Crippen molar-refractivity contribution in [3.8, 4) is 0 Å². The maximum atomic E-state index is 12.4. The number of carbonyl (C=O) groups is 3. The lowest BCUT2D eigenvalue weighted by Gasteiger charge is -2.20. The number of anilines is 1. The zero-order valence-corrected chi connectivity index (χ0v) is 14.6. The van der Waals surface area contributed by atoms with E-state index >= 15 is 0 Å². The van der Waals surface area contributed by atoms with Gasteiger partial charge in [-0.05, 0) is 29.4 Å². The minimum absolute atomic E-state index is 0.121. The quantitative estimate of drug-likeness (QED) is 0.700. The van der Waals surface area contributed by atoms with E-state index in [9.17, 15) is 14.4 Å². The molecule has 1 aliphatic heterocycles. The maximum Gasteiger partial charge on any atom is 0.251 e. The SMILES string of the molecule is CC(C)c1cccc(C(C)C)c1NC(=O)CCC1C(=O)NNC1=O. The van der Waals surface area contributed by atoms with Crippen LogP contribution in [0.15, 0.2) is 18.2 Å². The van der Waals surface area contributed by atoms with Gasteiger partial charge in [-0.3, -0.25) is 25.2 Å². The number of amides is 3. The Morgan fingerprint density at radius 2 is 1.54 bits per heavy atom. The van der Waals surface area contributed by atoms with Gasteiger partial charge in [0.25, 0.3) is 11.8 Å². The van der Waals surface area contributed by atoms with E-state index in [1.165, 1.54) is 0 Å². The number of carbonyl (C=O) groups excluding carboxylic acids is 3. The van der Waals surface area contributed by atoms with Crippen molar-refractivity contribution in [3.63, 3.8) is 0 Å². The van der Waals surface area contributed by atoms with Gasteiger partial charge in [0, 0.05) is 12.1 Å². The van der Waals surface area contributed by atoms with Crippen molar-refractivity contribution in [1.29, 1.82) is 0 Å². The van der Waals surface area contributed by atoms with Crippen LogP contribution in [0.1, 0.15) is 63.5 Å². The van der Waals surface area contributed by atoms with Crippen LogP contribution in [-0.2, 0) is 14.4 Å². The van der Waals surface area contributed by atoms with Gasteiger partial charge >= 0.3 is 0 Å². The van der Waals surface area contributed by atoms with Crippen molar-refractivity contribution < 1.29 is 14.4 Å². The highest BCUT2D eigenvalue weighted by atomic mass is 16.2. The molecule has 0 spiro atoms. The molecule has 0 atom stereocenters. The molecule has 0 aliphatic carbocycles. The number of hydrogen-bond donors (Lipinski definition) is 3. The van der Waals surface area contributed by atoms with Crippen LogP contribution < -0.4 is 16.2 Å². The predicted octanol–water partition coefficient (Wildman–Crippen LogP) is 2.43. The van der Waals surface area contributed by atoms with Gasteiger partial charge in [-0.25, -0.2) is 0 Å². The molecule has 0 aromatic heterocycles. The van der Waals surface area contributed by atoms with Crippen LogP contribution in [0.25, 0.3) is 0 Å². The highest BCUT2D eigenvalue weighted by molar-refractivity contribution is 6.05. The third-order valence-electron chi connectivity index (χ3n) is 4.24. The number of hydrogen-bond acceptors (Lipinski definition) is 3. The molecular formula is C18H25N3O3. The Bertz CT molecular complexity index is 611. The first kappa shape index (κ1) is 18.0. The van der Waals surface area contributed by atoms with Crippen LogP contribution >= 0.6 is 0 Å². The monoisotopic (exact) mass is 331 g/mol. The molecule has 1 aromatic rings.